The number of nitrogens with zero attached hydrogens (tertiary/aromatic N) is 2. The molecule has 0 fully saturated rings. The summed E-state index contributed by atoms with van der Waals surface area (Å²) >= 11 is 1.80. The fourth-order valence-corrected chi connectivity index (χ4v) is 6.85. The van der Waals surface area contributed by atoms with Crippen LogP contribution in [0, 0.1) is 0 Å². The van der Waals surface area contributed by atoms with Crippen LogP contribution in [0.25, 0.3) is 17.0 Å². The van der Waals surface area contributed by atoms with E-state index in [0.29, 0.717) is 45.2 Å². The van der Waals surface area contributed by atoms with E-state index >= 15 is 0 Å². The van der Waals surface area contributed by atoms with Crippen LogP contribution >= 0.6 is 11.8 Å². The van der Waals surface area contributed by atoms with Crippen molar-refractivity contribution in [2.75, 3.05) is 25.0 Å². The average molecular weight is 675 g/mol. The van der Waals surface area contributed by atoms with E-state index in [1.165, 1.54) is 32.1 Å². The summed E-state index contributed by atoms with van der Waals surface area (Å²) in [6.07, 6.45) is 10.1. The SMILES string of the molecule is CN1C(=Cc2cc[n+](CCCCCC(=O)CCCNC(=O)C(CCCCN)NC(=O)OC(C)(C)C)c3ccccc23)Sc2ccccc21. The van der Waals surface area contributed by atoms with Crippen molar-refractivity contribution in [2.24, 2.45) is 5.73 Å². The van der Waals surface area contributed by atoms with Gasteiger partial charge < -0.3 is 26.0 Å². The molecule has 1 unspecified atom stereocenters. The number of rotatable bonds is 17. The van der Waals surface area contributed by atoms with E-state index in [1.807, 2.05) is 0 Å². The predicted octanol–water partition coefficient (Wildman–Crippen LogP) is 6.72. The number of benzene rings is 2. The first-order valence-electron chi connectivity index (χ1n) is 17.2. The van der Waals surface area contributed by atoms with Gasteiger partial charge in [0, 0.05) is 49.9 Å². The third-order valence-corrected chi connectivity index (χ3v) is 9.42. The van der Waals surface area contributed by atoms with Crippen molar-refractivity contribution in [3.05, 3.63) is 71.4 Å². The molecule has 0 spiro atoms. The van der Waals surface area contributed by atoms with E-state index in [4.69, 9.17) is 10.5 Å². The Kier molecular flexibility index (Phi) is 13.9. The molecule has 2 amide bonds. The number of nitrogens with two attached hydrogens (primary N) is 1. The third-order valence-electron chi connectivity index (χ3n) is 8.25. The quantitative estimate of drug-likeness (QED) is 0.108. The molecule has 9 nitrogen and oxygen atoms in total. The Hall–Kier alpha value is -3.89. The Balaban J connectivity index is 1.18. The van der Waals surface area contributed by atoms with E-state index in [1.54, 1.807) is 32.5 Å². The van der Waals surface area contributed by atoms with Gasteiger partial charge in [-0.2, -0.15) is 4.57 Å². The average Bonchev–Trinajstić information content (AvgIpc) is 3.37. The number of carbonyl (C=O) groups excluding carboxylic acids is 3. The van der Waals surface area contributed by atoms with Crippen LogP contribution in [0.4, 0.5) is 10.5 Å². The summed E-state index contributed by atoms with van der Waals surface area (Å²) < 4.78 is 7.62. The number of fused-ring (bicyclic) bond motifs is 2. The molecule has 0 saturated heterocycles. The Morgan fingerprint density at radius 1 is 0.958 bits per heavy atom. The van der Waals surface area contributed by atoms with Crippen LogP contribution in [0.2, 0.25) is 0 Å². The molecule has 1 aromatic heterocycles. The largest absolute Gasteiger partial charge is 0.444 e. The van der Waals surface area contributed by atoms with Crippen molar-refractivity contribution < 1.29 is 23.7 Å². The van der Waals surface area contributed by atoms with Crippen LogP contribution in [-0.2, 0) is 20.9 Å². The number of para-hydroxylation sites is 2. The molecule has 2 aromatic carbocycles. The molecule has 0 bridgehead atoms. The number of hydrogen-bond donors (Lipinski definition) is 3. The zero-order valence-corrected chi connectivity index (χ0v) is 29.7. The lowest BCUT2D eigenvalue weighted by Crippen LogP contribution is -2.48. The van der Waals surface area contributed by atoms with Crippen molar-refractivity contribution in [1.29, 1.82) is 0 Å². The Labute approximate surface area is 289 Å². The molecule has 2 heterocycles. The van der Waals surface area contributed by atoms with Gasteiger partial charge in [0.1, 0.15) is 24.0 Å². The fraction of sp³-hybridized carbons (Fsp3) is 0.474. The van der Waals surface area contributed by atoms with Gasteiger partial charge >= 0.3 is 6.09 Å². The zero-order chi connectivity index (χ0) is 34.5. The van der Waals surface area contributed by atoms with Crippen LogP contribution in [0.1, 0.15) is 84.1 Å². The topological polar surface area (TPSA) is 118 Å². The van der Waals surface area contributed by atoms with Gasteiger partial charge in [-0.25, -0.2) is 4.79 Å². The van der Waals surface area contributed by atoms with Gasteiger partial charge in [-0.3, -0.25) is 9.59 Å². The number of aromatic nitrogens is 1. The molecule has 4 N–H and O–H groups in total. The van der Waals surface area contributed by atoms with Crippen LogP contribution < -0.4 is 25.8 Å². The van der Waals surface area contributed by atoms with Crippen molar-refractivity contribution in [3.63, 3.8) is 0 Å². The lowest BCUT2D eigenvalue weighted by Gasteiger charge is -2.23. The third kappa shape index (κ3) is 11.1. The zero-order valence-electron chi connectivity index (χ0n) is 28.9. The van der Waals surface area contributed by atoms with Gasteiger partial charge in [-0.1, -0.05) is 36.0 Å². The fourth-order valence-electron chi connectivity index (χ4n) is 5.75. The number of pyridine rings is 1. The summed E-state index contributed by atoms with van der Waals surface area (Å²) in [5.41, 5.74) is 8.58. The minimum Gasteiger partial charge on any atom is -0.444 e. The highest BCUT2D eigenvalue weighted by molar-refractivity contribution is 8.03. The second-order valence-electron chi connectivity index (χ2n) is 13.3. The molecule has 3 aromatic rings. The molecule has 10 heteroatoms. The Morgan fingerprint density at radius 3 is 2.48 bits per heavy atom. The Bertz CT molecular complexity index is 1580. The molecule has 4 rings (SSSR count). The van der Waals surface area contributed by atoms with Crippen molar-refractivity contribution >= 4 is 52.2 Å². The second-order valence-corrected chi connectivity index (χ2v) is 14.4. The maximum absolute atomic E-state index is 12.8. The van der Waals surface area contributed by atoms with E-state index in [-0.39, 0.29) is 11.7 Å². The highest BCUT2D eigenvalue weighted by Crippen LogP contribution is 2.45. The van der Waals surface area contributed by atoms with Crippen molar-refractivity contribution in [1.82, 2.24) is 10.6 Å². The first-order valence-corrected chi connectivity index (χ1v) is 18.0. The number of anilines is 1. The molecule has 1 aliphatic rings. The molecular weight excluding hydrogens is 623 g/mol. The van der Waals surface area contributed by atoms with Crippen molar-refractivity contribution in [3.8, 4) is 0 Å². The number of unbranched alkanes of at least 4 members (excludes halogenated alkanes) is 3. The summed E-state index contributed by atoms with van der Waals surface area (Å²) in [7, 11) is 2.12. The summed E-state index contributed by atoms with van der Waals surface area (Å²) in [5, 5.41) is 7.98. The molecule has 48 heavy (non-hydrogen) atoms. The number of ketones is 1. The van der Waals surface area contributed by atoms with Gasteiger partial charge in [0.15, 0.2) is 6.20 Å². The summed E-state index contributed by atoms with van der Waals surface area (Å²) in [4.78, 5) is 41.1. The molecule has 1 atom stereocenters. The number of thioether (sulfide) groups is 1. The highest BCUT2D eigenvalue weighted by atomic mass is 32.2. The van der Waals surface area contributed by atoms with Crippen LogP contribution in [0.15, 0.2) is 70.7 Å². The molecule has 258 valence electrons. The first kappa shape index (κ1) is 36.9. The maximum Gasteiger partial charge on any atom is 0.408 e. The maximum atomic E-state index is 12.8. The van der Waals surface area contributed by atoms with Crippen LogP contribution in [-0.4, -0.2) is 49.6 Å². The number of ether oxygens (including phenoxy) is 1. The number of Topliss-reactive ketones (excluding diaryl/α,β-unsaturated/α-hetero) is 1. The van der Waals surface area contributed by atoms with E-state index in [9.17, 15) is 14.4 Å². The molecule has 1 aliphatic heterocycles. The van der Waals surface area contributed by atoms with Gasteiger partial charge in [-0.15, -0.1) is 0 Å². The normalized spacial score (nSPS) is 14.2. The van der Waals surface area contributed by atoms with Gasteiger partial charge in [0.05, 0.1) is 16.1 Å². The Morgan fingerprint density at radius 2 is 1.71 bits per heavy atom. The number of amides is 2. The van der Waals surface area contributed by atoms with Crippen LogP contribution in [0.5, 0.6) is 0 Å². The molecular formula is C38H52N5O4S+. The summed E-state index contributed by atoms with van der Waals surface area (Å²) in [6, 6.07) is 18.5. The minimum absolute atomic E-state index is 0.211. The predicted molar refractivity (Wildman–Crippen MR) is 195 cm³/mol. The number of hydrogen-bond acceptors (Lipinski definition) is 7. The number of nitrogens with one attached hydrogen (secondary N) is 2. The number of carbonyl (C=O) groups is 3. The number of alkyl carbamates (subject to hydrolysis) is 1. The summed E-state index contributed by atoms with van der Waals surface area (Å²) in [6.45, 7) is 7.13. The summed E-state index contributed by atoms with van der Waals surface area (Å²) in [5.74, 6) is -0.0571. The van der Waals surface area contributed by atoms with Crippen LogP contribution in [0.3, 0.4) is 0 Å². The smallest absolute Gasteiger partial charge is 0.408 e. The minimum atomic E-state index is -0.698. The van der Waals surface area contributed by atoms with Crippen molar-refractivity contribution in [2.45, 2.75) is 102 Å². The lowest BCUT2D eigenvalue weighted by molar-refractivity contribution is -0.671. The number of aryl methyl sites for hydroxylation is 1. The standard InChI is InChI=1S/C38H51N5O4S/c1-38(2,3)47-37(46)41-31(18-11-12-23-39)36(45)40-24-14-16-29(44)15-6-5-13-25-43-26-22-28(30-17-7-8-19-32(30)43)27-35-42(4)33-20-9-10-21-34(33)48-35/h7-10,17,19-22,26-27,31H,5-6,11-16,18,23-25,39H2,1-4H3,(H-,40,41,45,46)/p+1. The van der Waals surface area contributed by atoms with E-state index < -0.39 is 17.7 Å². The van der Waals surface area contributed by atoms with E-state index in [0.717, 1.165) is 32.2 Å². The molecule has 0 aliphatic carbocycles. The van der Waals surface area contributed by atoms with Gasteiger partial charge in [-0.05, 0) is 95.7 Å². The van der Waals surface area contributed by atoms with E-state index in [2.05, 4.69) is 94.0 Å². The monoisotopic (exact) mass is 674 g/mol. The molecule has 0 saturated carbocycles. The van der Waals surface area contributed by atoms with Gasteiger partial charge in [0.2, 0.25) is 11.4 Å². The molecule has 0 radical (unpaired) electrons. The highest BCUT2D eigenvalue weighted by Gasteiger charge is 2.24. The van der Waals surface area contributed by atoms with Gasteiger partial charge in [0.25, 0.3) is 0 Å². The second kappa shape index (κ2) is 18.0. The lowest BCUT2D eigenvalue weighted by atomic mass is 10.1. The first-order chi connectivity index (χ1) is 23.1.